The molecule has 0 radical (unpaired) electrons. The number of hydrogen-bond acceptors (Lipinski definition) is 3. The van der Waals surface area contributed by atoms with Crippen molar-refractivity contribution in [3.8, 4) is 0 Å². The summed E-state index contributed by atoms with van der Waals surface area (Å²) in [6.07, 6.45) is -3.19. The third-order valence-corrected chi connectivity index (χ3v) is 5.62. The number of hydrogen-bond donors (Lipinski definition) is 1. The Morgan fingerprint density at radius 3 is 2.15 bits per heavy atom. The molecule has 1 aliphatic heterocycles. The van der Waals surface area contributed by atoms with Gasteiger partial charge in [0.2, 0.25) is 10.0 Å². The van der Waals surface area contributed by atoms with Crippen LogP contribution >= 0.6 is 0 Å². The van der Waals surface area contributed by atoms with Crippen LogP contribution in [-0.2, 0) is 16.2 Å². The highest BCUT2D eigenvalue weighted by Gasteiger charge is 2.36. The zero-order valence-electron chi connectivity index (χ0n) is 13.9. The van der Waals surface area contributed by atoms with Crippen molar-refractivity contribution >= 4 is 15.7 Å². The predicted molar refractivity (Wildman–Crippen MR) is 93.4 cm³/mol. The molecule has 1 heterocycles. The van der Waals surface area contributed by atoms with Crippen LogP contribution < -0.4 is 10.0 Å². The van der Waals surface area contributed by atoms with E-state index in [4.69, 9.17) is 5.14 Å². The average molecular weight is 384 g/mol. The molecule has 4 nitrogen and oxygen atoms in total. The topological polar surface area (TPSA) is 63.4 Å². The van der Waals surface area contributed by atoms with Gasteiger partial charge in [0.25, 0.3) is 0 Å². The number of anilines is 1. The molecule has 2 N–H and O–H groups in total. The maximum Gasteiger partial charge on any atom is 0.418 e. The van der Waals surface area contributed by atoms with Gasteiger partial charge < -0.3 is 4.90 Å². The molecule has 0 unspecified atom stereocenters. The van der Waals surface area contributed by atoms with Crippen LogP contribution in [0.15, 0.2) is 53.4 Å². The number of nitrogens with two attached hydrogens (primary N) is 1. The zero-order chi connectivity index (χ0) is 18.9. The van der Waals surface area contributed by atoms with E-state index in [9.17, 15) is 21.6 Å². The third-order valence-electron chi connectivity index (χ3n) is 4.71. The molecule has 26 heavy (non-hydrogen) atoms. The van der Waals surface area contributed by atoms with Crippen LogP contribution in [0.4, 0.5) is 18.9 Å². The number of rotatable bonds is 3. The van der Waals surface area contributed by atoms with Crippen LogP contribution in [-0.4, -0.2) is 21.5 Å². The van der Waals surface area contributed by atoms with Crippen LogP contribution in [0.2, 0.25) is 0 Å². The summed E-state index contributed by atoms with van der Waals surface area (Å²) in [5.41, 5.74) is 0.214. The van der Waals surface area contributed by atoms with Gasteiger partial charge in [0.1, 0.15) is 0 Å². The molecule has 0 atom stereocenters. The molecule has 0 aliphatic carbocycles. The first-order valence-corrected chi connectivity index (χ1v) is 9.75. The highest BCUT2D eigenvalue weighted by Crippen LogP contribution is 2.40. The fourth-order valence-electron chi connectivity index (χ4n) is 3.37. The van der Waals surface area contributed by atoms with Gasteiger partial charge in [0.15, 0.2) is 0 Å². The molecule has 1 aliphatic rings. The van der Waals surface area contributed by atoms with E-state index in [1.807, 2.05) is 30.3 Å². The molecule has 1 saturated heterocycles. The molecule has 2 aromatic carbocycles. The van der Waals surface area contributed by atoms with Crippen LogP contribution in [0.25, 0.3) is 0 Å². The van der Waals surface area contributed by atoms with Crippen molar-refractivity contribution in [2.75, 3.05) is 18.0 Å². The van der Waals surface area contributed by atoms with Gasteiger partial charge in [-0.25, -0.2) is 13.6 Å². The Kier molecular flexibility index (Phi) is 4.98. The third kappa shape index (κ3) is 4.02. The fourth-order valence-corrected chi connectivity index (χ4v) is 3.91. The van der Waals surface area contributed by atoms with Gasteiger partial charge in [-0.2, -0.15) is 13.2 Å². The minimum absolute atomic E-state index is 0.00332. The van der Waals surface area contributed by atoms with Crippen LogP contribution in [0.5, 0.6) is 0 Å². The molecule has 0 aromatic heterocycles. The molecule has 1 fully saturated rings. The fraction of sp³-hybridized carbons (Fsp3) is 0.333. The Bertz CT molecular complexity index is 875. The summed E-state index contributed by atoms with van der Waals surface area (Å²) in [6, 6.07) is 12.8. The van der Waals surface area contributed by atoms with Gasteiger partial charge in [0, 0.05) is 18.8 Å². The second kappa shape index (κ2) is 6.92. The molecule has 0 spiro atoms. The summed E-state index contributed by atoms with van der Waals surface area (Å²) < 4.78 is 63.1. The van der Waals surface area contributed by atoms with Crippen molar-refractivity contribution in [1.29, 1.82) is 0 Å². The lowest BCUT2D eigenvalue weighted by Gasteiger charge is -2.35. The lowest BCUT2D eigenvalue weighted by Crippen LogP contribution is -2.34. The Hall–Kier alpha value is -2.06. The minimum atomic E-state index is -4.66. The van der Waals surface area contributed by atoms with Gasteiger partial charge in [-0.1, -0.05) is 30.3 Å². The van der Waals surface area contributed by atoms with Gasteiger partial charge in [0.05, 0.1) is 10.5 Å². The largest absolute Gasteiger partial charge is 0.418 e. The van der Waals surface area contributed by atoms with Gasteiger partial charge in [-0.3, -0.25) is 0 Å². The molecule has 0 amide bonds. The molecule has 0 saturated carbocycles. The summed E-state index contributed by atoms with van der Waals surface area (Å²) in [7, 11) is -4.20. The summed E-state index contributed by atoms with van der Waals surface area (Å²) in [4.78, 5) is 1.13. The van der Waals surface area contributed by atoms with Crippen molar-refractivity contribution in [3.63, 3.8) is 0 Å². The monoisotopic (exact) mass is 384 g/mol. The normalized spacial score (nSPS) is 16.7. The first kappa shape index (κ1) is 18.7. The van der Waals surface area contributed by atoms with E-state index in [-0.39, 0.29) is 5.69 Å². The van der Waals surface area contributed by atoms with Crippen LogP contribution in [0.1, 0.15) is 29.9 Å². The van der Waals surface area contributed by atoms with Gasteiger partial charge in [-0.15, -0.1) is 0 Å². The Labute approximate surface area is 150 Å². The van der Waals surface area contributed by atoms with E-state index >= 15 is 0 Å². The Balaban J connectivity index is 1.86. The zero-order valence-corrected chi connectivity index (χ0v) is 14.7. The van der Waals surface area contributed by atoms with Crippen LogP contribution in [0.3, 0.4) is 0 Å². The highest BCUT2D eigenvalue weighted by molar-refractivity contribution is 7.89. The number of alkyl halides is 3. The standard InChI is InChI=1S/C18H19F3N2O2S/c19-18(20,21)16-12-15(26(22,24)25)6-7-17(16)23-10-8-14(9-11-23)13-4-2-1-3-5-13/h1-7,12,14H,8-11H2,(H2,22,24,25). The second-order valence-electron chi connectivity index (χ2n) is 6.39. The Morgan fingerprint density at radius 2 is 1.62 bits per heavy atom. The first-order chi connectivity index (χ1) is 12.2. The minimum Gasteiger partial charge on any atom is -0.371 e. The van der Waals surface area contributed by atoms with Gasteiger partial charge in [-0.05, 0) is 42.5 Å². The maximum atomic E-state index is 13.5. The molecule has 8 heteroatoms. The van der Waals surface area contributed by atoms with E-state index in [0.717, 1.165) is 18.9 Å². The summed E-state index contributed by atoms with van der Waals surface area (Å²) in [6.45, 7) is 0.939. The summed E-state index contributed by atoms with van der Waals surface area (Å²) >= 11 is 0. The number of piperidine rings is 1. The number of nitrogens with zero attached hydrogens (tertiary/aromatic N) is 1. The SMILES string of the molecule is NS(=O)(=O)c1ccc(N2CCC(c3ccccc3)CC2)c(C(F)(F)F)c1. The molecular formula is C18H19F3N2O2S. The number of sulfonamides is 1. The second-order valence-corrected chi connectivity index (χ2v) is 7.96. The van der Waals surface area contributed by atoms with Crippen molar-refractivity contribution in [2.24, 2.45) is 5.14 Å². The lowest BCUT2D eigenvalue weighted by molar-refractivity contribution is -0.137. The van der Waals surface area contributed by atoms with Crippen LogP contribution in [0, 0.1) is 0 Å². The van der Waals surface area contributed by atoms with E-state index in [1.165, 1.54) is 11.6 Å². The first-order valence-electron chi connectivity index (χ1n) is 8.20. The van der Waals surface area contributed by atoms with E-state index in [2.05, 4.69) is 0 Å². The van der Waals surface area contributed by atoms with Crippen molar-refractivity contribution in [3.05, 3.63) is 59.7 Å². The molecule has 2 aromatic rings. The number of primary sulfonamides is 1. The number of benzene rings is 2. The molecule has 140 valence electrons. The molecule has 0 bridgehead atoms. The number of halogens is 3. The molecular weight excluding hydrogens is 365 g/mol. The Morgan fingerprint density at radius 1 is 1.00 bits per heavy atom. The molecule has 3 rings (SSSR count). The summed E-state index contributed by atoms with van der Waals surface area (Å²) in [5, 5.41) is 4.97. The average Bonchev–Trinajstić information content (AvgIpc) is 2.61. The quantitative estimate of drug-likeness (QED) is 0.877. The predicted octanol–water partition coefficient (Wildman–Crippen LogP) is 3.74. The highest BCUT2D eigenvalue weighted by atomic mass is 32.2. The smallest absolute Gasteiger partial charge is 0.371 e. The van der Waals surface area contributed by atoms with E-state index < -0.39 is 26.7 Å². The maximum absolute atomic E-state index is 13.5. The van der Waals surface area contributed by atoms with E-state index in [1.54, 1.807) is 4.90 Å². The van der Waals surface area contributed by atoms with E-state index in [0.29, 0.717) is 25.1 Å². The van der Waals surface area contributed by atoms with Crippen molar-refractivity contribution in [1.82, 2.24) is 0 Å². The van der Waals surface area contributed by atoms with Gasteiger partial charge >= 0.3 is 6.18 Å². The van der Waals surface area contributed by atoms with Crippen molar-refractivity contribution in [2.45, 2.75) is 29.8 Å². The van der Waals surface area contributed by atoms with Crippen molar-refractivity contribution < 1.29 is 21.6 Å². The summed E-state index contributed by atoms with van der Waals surface area (Å²) in [5.74, 6) is 0.311. The lowest BCUT2D eigenvalue weighted by atomic mass is 9.89.